The van der Waals surface area contributed by atoms with E-state index >= 15 is 0 Å². The highest BCUT2D eigenvalue weighted by Gasteiger charge is 2.55. The number of primary amides is 1. The lowest BCUT2D eigenvalue weighted by atomic mass is 9.79. The summed E-state index contributed by atoms with van der Waals surface area (Å²) >= 11 is 1.29. The third-order valence-electron chi connectivity index (χ3n) is 4.68. The highest BCUT2D eigenvalue weighted by Crippen LogP contribution is 2.44. The molecule has 1 aromatic rings. The largest absolute Gasteiger partial charge is 0.481 e. The summed E-state index contributed by atoms with van der Waals surface area (Å²) in [4.78, 5) is 36.7. The molecule has 2 bridgehead atoms. The summed E-state index contributed by atoms with van der Waals surface area (Å²) in [6.45, 7) is 3.96. The first-order chi connectivity index (χ1) is 11.3. The molecule has 2 amide bonds. The summed E-state index contributed by atoms with van der Waals surface area (Å²) in [6, 6.07) is 1.68. The molecule has 4 atom stereocenters. The molecule has 1 aromatic heterocycles. The Morgan fingerprint density at radius 3 is 2.46 bits per heavy atom. The number of carboxylic acid groups (broad SMARTS) is 1. The first kappa shape index (κ1) is 16.9. The van der Waals surface area contributed by atoms with E-state index in [0.717, 1.165) is 4.88 Å². The Labute approximate surface area is 143 Å². The maximum Gasteiger partial charge on any atom is 0.310 e. The van der Waals surface area contributed by atoms with Gasteiger partial charge in [0.2, 0.25) is 5.91 Å². The van der Waals surface area contributed by atoms with Gasteiger partial charge in [0.25, 0.3) is 5.91 Å². The minimum atomic E-state index is -1.02. The number of thiophene rings is 1. The fourth-order valence-electron chi connectivity index (χ4n) is 3.49. The van der Waals surface area contributed by atoms with Crippen LogP contribution in [-0.2, 0) is 14.3 Å². The van der Waals surface area contributed by atoms with Gasteiger partial charge in [0.05, 0.1) is 29.6 Å². The van der Waals surface area contributed by atoms with Crippen molar-refractivity contribution < 1.29 is 24.2 Å². The van der Waals surface area contributed by atoms with E-state index in [1.807, 2.05) is 13.8 Å². The quantitative estimate of drug-likeness (QED) is 0.746. The van der Waals surface area contributed by atoms with Crippen LogP contribution in [0.5, 0.6) is 0 Å². The van der Waals surface area contributed by atoms with E-state index in [1.165, 1.54) is 11.3 Å². The van der Waals surface area contributed by atoms with Crippen LogP contribution in [0.25, 0.3) is 0 Å². The number of carbonyl (C=O) groups is 3. The second-order valence-electron chi connectivity index (χ2n) is 6.58. The zero-order chi connectivity index (χ0) is 17.6. The molecule has 130 valence electrons. The summed E-state index contributed by atoms with van der Waals surface area (Å²) in [5.74, 6) is -3.46. The van der Waals surface area contributed by atoms with Crippen LogP contribution in [0.15, 0.2) is 6.07 Å². The van der Waals surface area contributed by atoms with Crippen molar-refractivity contribution in [1.29, 1.82) is 0 Å². The van der Waals surface area contributed by atoms with Gasteiger partial charge in [0, 0.05) is 4.88 Å². The number of carboxylic acids is 1. The molecule has 0 radical (unpaired) electrons. The van der Waals surface area contributed by atoms with Crippen molar-refractivity contribution >= 4 is 34.1 Å². The third-order valence-corrected chi connectivity index (χ3v) is 6.03. The monoisotopic (exact) mass is 352 g/mol. The molecular weight excluding hydrogens is 332 g/mol. The SMILES string of the molecule is CC(C)c1cc(C(N)=O)c(NC(=O)[C@H]2[C@@H](C(=O)O)[C@@H]3CC[C@H]2O3)s1. The standard InChI is InChI=1S/C16H20N2O5S/c1-6(2)10-5-7(13(17)19)15(24-10)18-14(20)11-8-3-4-9(23-8)12(11)16(21)22/h5-6,8-9,11-12H,3-4H2,1-2H3,(H2,17,19)(H,18,20)(H,21,22)/t8-,9+,11-,12+/m1/s1. The number of aliphatic carboxylic acids is 1. The highest BCUT2D eigenvalue weighted by molar-refractivity contribution is 7.16. The van der Waals surface area contributed by atoms with E-state index in [2.05, 4.69) is 5.32 Å². The molecule has 2 aliphatic rings. The van der Waals surface area contributed by atoms with E-state index in [4.69, 9.17) is 10.5 Å². The molecule has 2 saturated heterocycles. The Kier molecular flexibility index (Phi) is 4.35. The minimum absolute atomic E-state index is 0.191. The summed E-state index contributed by atoms with van der Waals surface area (Å²) in [6.07, 6.45) is 0.553. The molecule has 3 heterocycles. The van der Waals surface area contributed by atoms with Crippen LogP contribution in [0, 0.1) is 11.8 Å². The Hall–Kier alpha value is -1.93. The van der Waals surface area contributed by atoms with Crippen LogP contribution in [-0.4, -0.2) is 35.1 Å². The number of hydrogen-bond acceptors (Lipinski definition) is 5. The summed E-state index contributed by atoms with van der Waals surface area (Å²) < 4.78 is 5.61. The molecular formula is C16H20N2O5S. The van der Waals surface area contributed by atoms with E-state index in [0.29, 0.717) is 17.8 Å². The number of anilines is 1. The minimum Gasteiger partial charge on any atom is -0.481 e. The second kappa shape index (κ2) is 6.18. The van der Waals surface area contributed by atoms with Crippen LogP contribution in [0.4, 0.5) is 5.00 Å². The number of carbonyl (C=O) groups excluding carboxylic acids is 2. The third kappa shape index (κ3) is 2.80. The normalized spacial score (nSPS) is 28.3. The highest BCUT2D eigenvalue weighted by atomic mass is 32.1. The van der Waals surface area contributed by atoms with Gasteiger partial charge in [-0.1, -0.05) is 13.8 Å². The molecule has 0 aromatic carbocycles. The zero-order valence-corrected chi connectivity index (χ0v) is 14.3. The lowest BCUT2D eigenvalue weighted by Crippen LogP contribution is -2.41. The lowest BCUT2D eigenvalue weighted by molar-refractivity contribution is -0.147. The average molecular weight is 352 g/mol. The number of nitrogens with one attached hydrogen (secondary N) is 1. The first-order valence-electron chi connectivity index (χ1n) is 7.92. The topological polar surface area (TPSA) is 119 Å². The predicted molar refractivity (Wildman–Crippen MR) is 88.1 cm³/mol. The van der Waals surface area contributed by atoms with Gasteiger partial charge in [0.1, 0.15) is 5.00 Å². The van der Waals surface area contributed by atoms with Crippen molar-refractivity contribution in [2.45, 2.75) is 44.8 Å². The number of nitrogens with two attached hydrogens (primary N) is 1. The van der Waals surface area contributed by atoms with Crippen LogP contribution in [0.2, 0.25) is 0 Å². The van der Waals surface area contributed by atoms with E-state index in [1.54, 1.807) is 6.07 Å². The number of ether oxygens (including phenoxy) is 1. The van der Waals surface area contributed by atoms with Gasteiger partial charge in [-0.3, -0.25) is 14.4 Å². The van der Waals surface area contributed by atoms with Gasteiger partial charge in [-0.15, -0.1) is 11.3 Å². The molecule has 0 aliphatic carbocycles. The van der Waals surface area contributed by atoms with E-state index in [9.17, 15) is 19.5 Å². The summed E-state index contributed by atoms with van der Waals surface area (Å²) in [5, 5.41) is 12.5. The molecule has 8 heteroatoms. The van der Waals surface area contributed by atoms with E-state index in [-0.39, 0.29) is 17.6 Å². The molecule has 4 N–H and O–H groups in total. The van der Waals surface area contributed by atoms with Crippen LogP contribution in [0.3, 0.4) is 0 Å². The number of amides is 2. The molecule has 0 saturated carbocycles. The van der Waals surface area contributed by atoms with Crippen LogP contribution in [0.1, 0.15) is 47.8 Å². The number of fused-ring (bicyclic) bond motifs is 2. The molecule has 2 fully saturated rings. The van der Waals surface area contributed by atoms with Crippen molar-refractivity contribution in [3.63, 3.8) is 0 Å². The molecule has 2 aliphatic heterocycles. The number of hydrogen-bond donors (Lipinski definition) is 3. The summed E-state index contributed by atoms with van der Waals surface area (Å²) in [7, 11) is 0. The first-order valence-corrected chi connectivity index (χ1v) is 8.74. The molecule has 0 unspecified atom stereocenters. The molecule has 24 heavy (non-hydrogen) atoms. The van der Waals surface area contributed by atoms with Crippen molar-refractivity contribution in [2.24, 2.45) is 17.6 Å². The van der Waals surface area contributed by atoms with Gasteiger partial charge in [-0.2, -0.15) is 0 Å². The fourth-order valence-corrected chi connectivity index (χ4v) is 4.56. The van der Waals surface area contributed by atoms with Crippen LogP contribution < -0.4 is 11.1 Å². The molecule has 7 nitrogen and oxygen atoms in total. The maximum atomic E-state index is 12.7. The zero-order valence-electron chi connectivity index (χ0n) is 13.4. The van der Waals surface area contributed by atoms with E-state index < -0.39 is 35.7 Å². The van der Waals surface area contributed by atoms with Crippen LogP contribution >= 0.6 is 11.3 Å². The van der Waals surface area contributed by atoms with Crippen molar-refractivity contribution in [3.8, 4) is 0 Å². The van der Waals surface area contributed by atoms with Crippen molar-refractivity contribution in [3.05, 3.63) is 16.5 Å². The smallest absolute Gasteiger partial charge is 0.310 e. The van der Waals surface area contributed by atoms with Crippen molar-refractivity contribution in [1.82, 2.24) is 0 Å². The van der Waals surface area contributed by atoms with Gasteiger partial charge in [-0.05, 0) is 24.8 Å². The molecule has 3 rings (SSSR count). The average Bonchev–Trinajstić information content (AvgIpc) is 3.19. The fraction of sp³-hybridized carbons (Fsp3) is 0.562. The molecule has 0 spiro atoms. The van der Waals surface area contributed by atoms with Gasteiger partial charge < -0.3 is 20.9 Å². The Morgan fingerprint density at radius 1 is 1.29 bits per heavy atom. The Morgan fingerprint density at radius 2 is 1.92 bits per heavy atom. The predicted octanol–water partition coefficient (Wildman–Crippen LogP) is 1.79. The van der Waals surface area contributed by atoms with Gasteiger partial charge >= 0.3 is 5.97 Å². The Bertz CT molecular complexity index is 699. The second-order valence-corrected chi connectivity index (χ2v) is 7.66. The van der Waals surface area contributed by atoms with Crippen molar-refractivity contribution in [2.75, 3.05) is 5.32 Å². The van der Waals surface area contributed by atoms with Gasteiger partial charge in [-0.25, -0.2) is 0 Å². The maximum absolute atomic E-state index is 12.7. The number of rotatable bonds is 5. The Balaban J connectivity index is 1.84. The summed E-state index contributed by atoms with van der Waals surface area (Å²) in [5.41, 5.74) is 5.65. The lowest BCUT2D eigenvalue weighted by Gasteiger charge is -2.23. The van der Waals surface area contributed by atoms with Gasteiger partial charge in [0.15, 0.2) is 0 Å².